The van der Waals surface area contributed by atoms with Gasteiger partial charge < -0.3 is 19.8 Å². The first-order valence-electron chi connectivity index (χ1n) is 7.26. The fraction of sp³-hybridized carbons (Fsp3) is 0.375. The first-order chi connectivity index (χ1) is 10.8. The number of carbonyl (C=O) groups is 2. The van der Waals surface area contributed by atoms with Crippen LogP contribution in [0.25, 0.3) is 11.0 Å². The zero-order valence-electron chi connectivity index (χ0n) is 13.1. The minimum atomic E-state index is -0.659. The maximum atomic E-state index is 12.3. The van der Waals surface area contributed by atoms with E-state index in [9.17, 15) is 9.59 Å². The molecule has 2 N–H and O–H groups in total. The molecule has 2 aromatic rings. The summed E-state index contributed by atoms with van der Waals surface area (Å²) in [7, 11) is 0. The summed E-state index contributed by atoms with van der Waals surface area (Å²) in [6.45, 7) is 5.33. The second-order valence-electron chi connectivity index (χ2n) is 6.31. The molecule has 0 unspecified atom stereocenters. The van der Waals surface area contributed by atoms with Crippen molar-refractivity contribution < 1.29 is 18.7 Å². The summed E-state index contributed by atoms with van der Waals surface area (Å²) < 4.78 is 10.6. The molecule has 0 saturated heterocycles. The van der Waals surface area contributed by atoms with Crippen LogP contribution in [0.1, 0.15) is 20.8 Å². The van der Waals surface area contributed by atoms with Crippen molar-refractivity contribution in [2.45, 2.75) is 37.3 Å². The van der Waals surface area contributed by atoms with Gasteiger partial charge in [0.2, 0.25) is 5.91 Å². The highest BCUT2D eigenvalue weighted by Crippen LogP contribution is 2.35. The lowest BCUT2D eigenvalue weighted by Gasteiger charge is -2.22. The van der Waals surface area contributed by atoms with E-state index in [-0.39, 0.29) is 5.91 Å². The molecule has 6 nitrogen and oxygen atoms in total. The van der Waals surface area contributed by atoms with E-state index < -0.39 is 17.7 Å². The molecule has 0 saturated carbocycles. The molecular weight excluding hydrogens is 316 g/mol. The molecule has 2 heterocycles. The Labute approximate surface area is 137 Å². The molecule has 0 spiro atoms. The van der Waals surface area contributed by atoms with Crippen molar-refractivity contribution in [3.8, 4) is 0 Å². The Hall–Kier alpha value is -2.15. The summed E-state index contributed by atoms with van der Waals surface area (Å²) >= 11 is 1.49. The number of amides is 2. The van der Waals surface area contributed by atoms with Crippen molar-refractivity contribution in [1.82, 2.24) is 5.32 Å². The quantitative estimate of drug-likeness (QED) is 0.836. The maximum Gasteiger partial charge on any atom is 0.408 e. The van der Waals surface area contributed by atoms with Crippen LogP contribution in [0.2, 0.25) is 0 Å². The van der Waals surface area contributed by atoms with Crippen LogP contribution < -0.4 is 10.6 Å². The van der Waals surface area contributed by atoms with Gasteiger partial charge in [-0.3, -0.25) is 4.79 Å². The van der Waals surface area contributed by atoms with Crippen molar-refractivity contribution in [3.63, 3.8) is 0 Å². The average Bonchev–Trinajstić information content (AvgIpc) is 2.82. The molecule has 1 atom stereocenters. The Morgan fingerprint density at radius 2 is 2.22 bits per heavy atom. The van der Waals surface area contributed by atoms with Crippen molar-refractivity contribution in [2.75, 3.05) is 11.1 Å². The van der Waals surface area contributed by atoms with Crippen LogP contribution >= 0.6 is 11.8 Å². The molecule has 3 rings (SSSR count). The van der Waals surface area contributed by atoms with E-state index in [0.29, 0.717) is 5.75 Å². The van der Waals surface area contributed by atoms with Gasteiger partial charge >= 0.3 is 6.09 Å². The zero-order valence-corrected chi connectivity index (χ0v) is 14.0. The van der Waals surface area contributed by atoms with E-state index in [1.54, 1.807) is 27.0 Å². The van der Waals surface area contributed by atoms with E-state index in [1.807, 2.05) is 18.2 Å². The molecule has 1 aromatic carbocycles. The Bertz CT molecular complexity index is 763. The van der Waals surface area contributed by atoms with E-state index in [2.05, 4.69) is 10.6 Å². The summed E-state index contributed by atoms with van der Waals surface area (Å²) in [6.07, 6.45) is 1.02. The number of rotatable bonds is 1. The van der Waals surface area contributed by atoms with Crippen LogP contribution in [-0.4, -0.2) is 29.4 Å². The summed E-state index contributed by atoms with van der Waals surface area (Å²) in [6, 6.07) is 4.95. The number of furan rings is 1. The van der Waals surface area contributed by atoms with Crippen molar-refractivity contribution in [1.29, 1.82) is 0 Å². The van der Waals surface area contributed by atoms with E-state index in [1.165, 1.54) is 11.8 Å². The van der Waals surface area contributed by atoms with Crippen LogP contribution in [0.3, 0.4) is 0 Å². The summed E-state index contributed by atoms with van der Waals surface area (Å²) in [4.78, 5) is 25.1. The molecular formula is C16H18N2O4S. The second-order valence-corrected chi connectivity index (χ2v) is 7.37. The molecule has 0 radical (unpaired) electrons. The van der Waals surface area contributed by atoms with Gasteiger partial charge in [-0.2, -0.15) is 0 Å². The van der Waals surface area contributed by atoms with E-state index >= 15 is 0 Å². The van der Waals surface area contributed by atoms with Crippen LogP contribution in [0.4, 0.5) is 10.5 Å². The molecule has 1 aliphatic rings. The standard InChI is InChI=1S/C16H18N2O4S/c1-16(2,3)22-15(20)18-11-8-23-13-7-12-9(4-5-21-12)6-10(13)17-14(11)19/h4-7,11H,8H2,1-3H3,(H,17,19)(H,18,20)/t11-/m0/s1. The molecule has 0 fully saturated rings. The number of carbonyl (C=O) groups excluding carboxylic acids is 2. The molecule has 122 valence electrons. The van der Waals surface area contributed by atoms with Gasteiger partial charge in [-0.05, 0) is 39.0 Å². The molecule has 7 heteroatoms. The lowest BCUT2D eigenvalue weighted by atomic mass is 10.2. The minimum absolute atomic E-state index is 0.259. The number of ether oxygens (including phenoxy) is 1. The Kier molecular flexibility index (Phi) is 3.97. The van der Waals surface area contributed by atoms with Gasteiger partial charge in [-0.15, -0.1) is 11.8 Å². The first-order valence-corrected chi connectivity index (χ1v) is 8.25. The Balaban J connectivity index is 1.75. The van der Waals surface area contributed by atoms with Gasteiger partial charge in [0.1, 0.15) is 17.2 Å². The fourth-order valence-corrected chi connectivity index (χ4v) is 3.27. The summed E-state index contributed by atoms with van der Waals surface area (Å²) in [5.41, 5.74) is 0.887. The molecule has 1 aliphatic heterocycles. The maximum absolute atomic E-state index is 12.3. The number of fused-ring (bicyclic) bond motifs is 2. The van der Waals surface area contributed by atoms with Crippen molar-refractivity contribution in [2.24, 2.45) is 0 Å². The third-order valence-corrected chi connectivity index (χ3v) is 4.37. The smallest absolute Gasteiger partial charge is 0.408 e. The van der Waals surface area contributed by atoms with E-state index in [4.69, 9.17) is 9.15 Å². The van der Waals surface area contributed by atoms with Gasteiger partial charge in [0.05, 0.1) is 12.0 Å². The van der Waals surface area contributed by atoms with Crippen LogP contribution in [0.15, 0.2) is 33.8 Å². The third kappa shape index (κ3) is 3.61. The molecule has 1 aromatic heterocycles. The number of benzene rings is 1. The normalized spacial score (nSPS) is 18.0. The molecule has 2 amide bonds. The van der Waals surface area contributed by atoms with Crippen LogP contribution in [-0.2, 0) is 9.53 Å². The van der Waals surface area contributed by atoms with Gasteiger partial charge in [0, 0.05) is 16.0 Å². The lowest BCUT2D eigenvalue weighted by Crippen LogP contribution is -2.46. The predicted molar refractivity (Wildman–Crippen MR) is 88.7 cm³/mol. The topological polar surface area (TPSA) is 80.6 Å². The zero-order chi connectivity index (χ0) is 16.6. The number of thioether (sulfide) groups is 1. The number of alkyl carbamates (subject to hydrolysis) is 1. The number of nitrogens with one attached hydrogen (secondary N) is 2. The highest BCUT2D eigenvalue weighted by Gasteiger charge is 2.28. The third-order valence-electron chi connectivity index (χ3n) is 3.23. The average molecular weight is 334 g/mol. The largest absolute Gasteiger partial charge is 0.464 e. The summed E-state index contributed by atoms with van der Waals surface area (Å²) in [5.74, 6) is 0.162. The second kappa shape index (κ2) is 5.81. The van der Waals surface area contributed by atoms with Crippen LogP contribution in [0, 0.1) is 0 Å². The van der Waals surface area contributed by atoms with Gasteiger partial charge in [-0.1, -0.05) is 0 Å². The Morgan fingerprint density at radius 1 is 1.43 bits per heavy atom. The highest BCUT2D eigenvalue weighted by molar-refractivity contribution is 7.99. The monoisotopic (exact) mass is 334 g/mol. The number of hydrogen-bond acceptors (Lipinski definition) is 5. The van der Waals surface area contributed by atoms with Gasteiger partial charge in [0.25, 0.3) is 0 Å². The molecule has 0 aliphatic carbocycles. The minimum Gasteiger partial charge on any atom is -0.464 e. The fourth-order valence-electron chi connectivity index (χ4n) is 2.23. The van der Waals surface area contributed by atoms with Crippen LogP contribution in [0.5, 0.6) is 0 Å². The Morgan fingerprint density at radius 3 is 2.96 bits per heavy atom. The first kappa shape index (κ1) is 15.7. The SMILES string of the molecule is CC(C)(C)OC(=O)N[C@H]1CSc2cc3occc3cc2NC1=O. The molecule has 23 heavy (non-hydrogen) atoms. The lowest BCUT2D eigenvalue weighted by molar-refractivity contribution is -0.117. The molecule has 0 bridgehead atoms. The predicted octanol–water partition coefficient (Wildman–Crippen LogP) is 3.37. The van der Waals surface area contributed by atoms with Crippen molar-refractivity contribution >= 4 is 40.4 Å². The highest BCUT2D eigenvalue weighted by atomic mass is 32.2. The number of anilines is 1. The number of hydrogen-bond donors (Lipinski definition) is 2. The summed E-state index contributed by atoms with van der Waals surface area (Å²) in [5, 5.41) is 6.39. The van der Waals surface area contributed by atoms with Crippen molar-refractivity contribution in [3.05, 3.63) is 24.5 Å². The van der Waals surface area contributed by atoms with Gasteiger partial charge in [-0.25, -0.2) is 4.79 Å². The van der Waals surface area contributed by atoms with Gasteiger partial charge in [0.15, 0.2) is 0 Å². The van der Waals surface area contributed by atoms with E-state index in [0.717, 1.165) is 21.6 Å².